The predicted molar refractivity (Wildman–Crippen MR) is 101 cm³/mol. The highest BCUT2D eigenvalue weighted by molar-refractivity contribution is 5.85. The summed E-state index contributed by atoms with van der Waals surface area (Å²) in [6, 6.07) is 9.86. The third kappa shape index (κ3) is 7.04. The molecule has 0 saturated carbocycles. The topological polar surface area (TPSA) is 142 Å². The van der Waals surface area contributed by atoms with E-state index < -0.39 is 18.1 Å². The lowest BCUT2D eigenvalue weighted by molar-refractivity contribution is -0.138. The zero-order valence-electron chi connectivity index (χ0n) is 14.3. The maximum absolute atomic E-state index is 11.8. The number of nitrogens with one attached hydrogen (secondary N) is 1. The van der Waals surface area contributed by atoms with Gasteiger partial charge in [0.25, 0.3) is 0 Å². The van der Waals surface area contributed by atoms with Gasteiger partial charge in [-0.1, -0.05) is 18.2 Å². The molecule has 0 aliphatic heterocycles. The van der Waals surface area contributed by atoms with Gasteiger partial charge >= 0.3 is 12.1 Å². The minimum absolute atomic E-state index is 0. The van der Waals surface area contributed by atoms with E-state index in [2.05, 4.69) is 5.32 Å². The third-order valence-electron chi connectivity index (χ3n) is 3.63. The Morgan fingerprint density at radius 1 is 1.04 bits per heavy atom. The van der Waals surface area contributed by atoms with E-state index in [1.54, 1.807) is 30.3 Å². The normalized spacial score (nSPS) is 11.1. The summed E-state index contributed by atoms with van der Waals surface area (Å²) < 4.78 is 5.12. The second kappa shape index (κ2) is 10.2. The number of halogens is 1. The molecule has 1 amide bonds. The fraction of sp³-hybridized carbons (Fsp3) is 0.222. The number of amides is 1. The monoisotopic (exact) mass is 396 g/mol. The van der Waals surface area contributed by atoms with Crippen molar-refractivity contribution in [1.82, 2.24) is 5.32 Å². The van der Waals surface area contributed by atoms with E-state index in [9.17, 15) is 19.8 Å². The summed E-state index contributed by atoms with van der Waals surface area (Å²) in [5.41, 5.74) is 6.94. The van der Waals surface area contributed by atoms with Gasteiger partial charge in [0.15, 0.2) is 11.5 Å². The number of hydrogen-bond donors (Lipinski definition) is 5. The minimum Gasteiger partial charge on any atom is -0.504 e. The van der Waals surface area contributed by atoms with Crippen molar-refractivity contribution in [3.8, 4) is 17.2 Å². The molecule has 0 fully saturated rings. The number of benzene rings is 2. The highest BCUT2D eigenvalue weighted by Crippen LogP contribution is 2.24. The van der Waals surface area contributed by atoms with Gasteiger partial charge in [0.2, 0.25) is 0 Å². The largest absolute Gasteiger partial charge is 0.504 e. The van der Waals surface area contributed by atoms with Crippen molar-refractivity contribution < 1.29 is 29.6 Å². The average molecular weight is 397 g/mol. The lowest BCUT2D eigenvalue weighted by Crippen LogP contribution is -2.32. The van der Waals surface area contributed by atoms with Crippen molar-refractivity contribution in [2.45, 2.75) is 18.9 Å². The number of carboxylic acids is 1. The standard InChI is InChI=1S/C18H20N2O6.ClH/c19-14(17(23)24)9-11-1-4-13(5-2-11)26-18(25)20-8-7-12-3-6-15(21)16(22)10-12;/h1-6,10,14,21-22H,7-9,19H2,(H,20,25)(H,23,24);1H/t14-;/m0./s1. The lowest BCUT2D eigenvalue weighted by atomic mass is 10.1. The van der Waals surface area contributed by atoms with Gasteiger partial charge in [-0.25, -0.2) is 4.79 Å². The van der Waals surface area contributed by atoms with E-state index in [1.165, 1.54) is 12.1 Å². The number of aromatic hydroxyl groups is 2. The number of aliphatic carboxylic acids is 1. The molecule has 0 saturated heterocycles. The van der Waals surface area contributed by atoms with E-state index in [1.807, 2.05) is 0 Å². The van der Waals surface area contributed by atoms with Crippen LogP contribution in [0.4, 0.5) is 4.79 Å². The molecule has 0 aliphatic carbocycles. The van der Waals surface area contributed by atoms with Crippen LogP contribution in [0, 0.1) is 0 Å². The maximum Gasteiger partial charge on any atom is 0.412 e. The number of ether oxygens (including phenoxy) is 1. The molecule has 6 N–H and O–H groups in total. The van der Waals surface area contributed by atoms with E-state index in [4.69, 9.17) is 15.6 Å². The molecule has 8 nitrogen and oxygen atoms in total. The van der Waals surface area contributed by atoms with Crippen LogP contribution < -0.4 is 15.8 Å². The average Bonchev–Trinajstić information content (AvgIpc) is 2.59. The molecule has 0 aliphatic rings. The molecule has 9 heteroatoms. The molecule has 2 aromatic rings. The van der Waals surface area contributed by atoms with Gasteiger partial charge in [0.1, 0.15) is 11.8 Å². The summed E-state index contributed by atoms with van der Waals surface area (Å²) >= 11 is 0. The number of carboxylic acid groups (broad SMARTS) is 1. The summed E-state index contributed by atoms with van der Waals surface area (Å²) in [5, 5.41) is 30.0. The summed E-state index contributed by atoms with van der Waals surface area (Å²) in [6.07, 6.45) is -0.000964. The molecule has 2 aromatic carbocycles. The number of carbonyl (C=O) groups is 2. The number of carbonyl (C=O) groups excluding carboxylic acids is 1. The van der Waals surface area contributed by atoms with Gasteiger partial charge in [0, 0.05) is 6.54 Å². The Balaban J connectivity index is 0.00000364. The molecule has 0 aromatic heterocycles. The van der Waals surface area contributed by atoms with E-state index in [-0.39, 0.29) is 36.9 Å². The summed E-state index contributed by atoms with van der Waals surface area (Å²) in [4.78, 5) is 22.5. The Kier molecular flexibility index (Phi) is 8.37. The van der Waals surface area contributed by atoms with Crippen molar-refractivity contribution in [1.29, 1.82) is 0 Å². The van der Waals surface area contributed by atoms with Gasteiger partial charge in [-0.3, -0.25) is 4.79 Å². The second-order valence-corrected chi connectivity index (χ2v) is 5.68. The first kappa shape index (κ1) is 22.1. The van der Waals surface area contributed by atoms with Crippen LogP contribution in [0.1, 0.15) is 11.1 Å². The zero-order chi connectivity index (χ0) is 19.1. The first-order chi connectivity index (χ1) is 12.3. The van der Waals surface area contributed by atoms with Crippen LogP contribution in [0.2, 0.25) is 0 Å². The lowest BCUT2D eigenvalue weighted by Gasteiger charge is -2.09. The Morgan fingerprint density at radius 3 is 2.26 bits per heavy atom. The van der Waals surface area contributed by atoms with Crippen molar-refractivity contribution in [2.24, 2.45) is 5.73 Å². The van der Waals surface area contributed by atoms with Crippen LogP contribution >= 0.6 is 12.4 Å². The van der Waals surface area contributed by atoms with Gasteiger partial charge in [0.05, 0.1) is 0 Å². The van der Waals surface area contributed by atoms with Gasteiger partial charge in [-0.2, -0.15) is 0 Å². The SMILES string of the molecule is Cl.N[C@@H](Cc1ccc(OC(=O)NCCc2ccc(O)c(O)c2)cc1)C(=O)O. The first-order valence-corrected chi connectivity index (χ1v) is 7.89. The molecule has 27 heavy (non-hydrogen) atoms. The first-order valence-electron chi connectivity index (χ1n) is 7.89. The molecular formula is C18H21ClN2O6. The fourth-order valence-corrected chi connectivity index (χ4v) is 2.21. The Morgan fingerprint density at radius 2 is 1.67 bits per heavy atom. The molecule has 1 atom stereocenters. The maximum atomic E-state index is 11.8. The van der Waals surface area contributed by atoms with Crippen molar-refractivity contribution in [2.75, 3.05) is 6.54 Å². The fourth-order valence-electron chi connectivity index (χ4n) is 2.21. The highest BCUT2D eigenvalue weighted by atomic mass is 35.5. The smallest absolute Gasteiger partial charge is 0.412 e. The van der Waals surface area contributed by atoms with Gasteiger partial charge in [-0.05, 0) is 48.2 Å². The van der Waals surface area contributed by atoms with Crippen LogP contribution in [0.5, 0.6) is 17.2 Å². The summed E-state index contributed by atoms with van der Waals surface area (Å²) in [5.74, 6) is -1.18. The van der Waals surface area contributed by atoms with E-state index in [0.29, 0.717) is 12.2 Å². The molecule has 146 valence electrons. The van der Waals surface area contributed by atoms with Crippen LogP contribution in [0.25, 0.3) is 0 Å². The molecule has 0 radical (unpaired) electrons. The van der Waals surface area contributed by atoms with E-state index >= 15 is 0 Å². The molecule has 0 heterocycles. The van der Waals surface area contributed by atoms with E-state index in [0.717, 1.165) is 11.1 Å². The second-order valence-electron chi connectivity index (χ2n) is 5.68. The Bertz CT molecular complexity index is 782. The zero-order valence-corrected chi connectivity index (χ0v) is 15.1. The third-order valence-corrected chi connectivity index (χ3v) is 3.63. The minimum atomic E-state index is -1.08. The highest BCUT2D eigenvalue weighted by Gasteiger charge is 2.12. The van der Waals surface area contributed by atoms with Crippen molar-refractivity contribution in [3.05, 3.63) is 53.6 Å². The van der Waals surface area contributed by atoms with Crippen molar-refractivity contribution in [3.63, 3.8) is 0 Å². The van der Waals surface area contributed by atoms with Gasteiger partial charge in [-0.15, -0.1) is 12.4 Å². The quantitative estimate of drug-likeness (QED) is 0.449. The van der Waals surface area contributed by atoms with Crippen molar-refractivity contribution >= 4 is 24.5 Å². The summed E-state index contributed by atoms with van der Waals surface area (Å²) in [6.45, 7) is 0.286. The molecule has 2 rings (SSSR count). The number of rotatable bonds is 7. The summed E-state index contributed by atoms with van der Waals surface area (Å²) in [7, 11) is 0. The molecule has 0 unspecified atom stereocenters. The van der Waals surface area contributed by atoms with Crippen LogP contribution in [-0.4, -0.2) is 40.0 Å². The molecular weight excluding hydrogens is 376 g/mol. The number of phenols is 2. The van der Waals surface area contributed by atoms with Crippen LogP contribution in [0.15, 0.2) is 42.5 Å². The number of phenolic OH excluding ortho intramolecular Hbond substituents is 2. The predicted octanol–water partition coefficient (Wildman–Crippen LogP) is 1.81. The van der Waals surface area contributed by atoms with Gasteiger partial charge < -0.3 is 31.1 Å². The Hall–Kier alpha value is -2.97. The van der Waals surface area contributed by atoms with Crippen LogP contribution in [0.3, 0.4) is 0 Å². The molecule has 0 bridgehead atoms. The van der Waals surface area contributed by atoms with Crippen LogP contribution in [-0.2, 0) is 17.6 Å². The Labute approximate surface area is 162 Å². The number of hydrogen-bond acceptors (Lipinski definition) is 6. The number of nitrogens with two attached hydrogens (primary N) is 1. The molecule has 0 spiro atoms.